The minimum absolute atomic E-state index is 0.435. The molecule has 0 amide bonds. The zero-order valence-corrected chi connectivity index (χ0v) is 9.57. The molecule has 2 rings (SSSR count). The first-order valence-electron chi connectivity index (χ1n) is 5.38. The second kappa shape index (κ2) is 4.34. The molecule has 0 fully saturated rings. The second-order valence-electron chi connectivity index (χ2n) is 3.72. The van der Waals surface area contributed by atoms with E-state index >= 15 is 0 Å². The van der Waals surface area contributed by atoms with E-state index in [1.54, 1.807) is 37.3 Å². The molecule has 2 heteroatoms. The number of carbonyl (C=O) groups is 2. The van der Waals surface area contributed by atoms with Crippen LogP contribution in [0.2, 0.25) is 0 Å². The van der Waals surface area contributed by atoms with E-state index in [-0.39, 0.29) is 0 Å². The number of Topliss-reactive ketones (excluding diaryl/α,β-unsaturated/α-hetero) is 2. The standard InChI is InChI=1S/C15H12O2/c1-3-7-11-10(4-2)14(16)15(17)13-9-6-5-8-12(11)13/h3-9H,1H2,2H3/b10-4+,11-7?. The molecule has 0 N–H and O–H groups in total. The molecule has 17 heavy (non-hydrogen) atoms. The Bertz CT molecular complexity index is 574. The van der Waals surface area contributed by atoms with Gasteiger partial charge in [-0.25, -0.2) is 0 Å². The van der Waals surface area contributed by atoms with Crippen molar-refractivity contribution in [3.63, 3.8) is 0 Å². The number of carbonyl (C=O) groups excluding carboxylic acids is 2. The van der Waals surface area contributed by atoms with Crippen LogP contribution in [-0.2, 0) is 4.79 Å². The van der Waals surface area contributed by atoms with Gasteiger partial charge in [-0.15, -0.1) is 0 Å². The summed E-state index contributed by atoms with van der Waals surface area (Å²) in [7, 11) is 0. The van der Waals surface area contributed by atoms with Gasteiger partial charge < -0.3 is 0 Å². The van der Waals surface area contributed by atoms with Crippen LogP contribution in [0.5, 0.6) is 0 Å². The van der Waals surface area contributed by atoms with Gasteiger partial charge in [0.25, 0.3) is 0 Å². The first-order valence-corrected chi connectivity index (χ1v) is 5.38. The molecule has 84 valence electrons. The molecular formula is C15H12O2. The Morgan fingerprint density at radius 1 is 1.00 bits per heavy atom. The number of fused-ring (bicyclic) bond motifs is 1. The summed E-state index contributed by atoms with van der Waals surface area (Å²) in [6.07, 6.45) is 5.06. The highest BCUT2D eigenvalue weighted by atomic mass is 16.2. The maximum atomic E-state index is 11.9. The lowest BCUT2D eigenvalue weighted by Gasteiger charge is -2.19. The average molecular weight is 224 g/mol. The molecular weight excluding hydrogens is 212 g/mol. The van der Waals surface area contributed by atoms with Crippen LogP contribution in [0.3, 0.4) is 0 Å². The predicted octanol–water partition coefficient (Wildman–Crippen LogP) is 2.97. The van der Waals surface area contributed by atoms with Gasteiger partial charge in [0.2, 0.25) is 11.6 Å². The Hall–Kier alpha value is -2.22. The largest absolute Gasteiger partial charge is 0.285 e. The fourth-order valence-corrected chi connectivity index (χ4v) is 2.01. The Kier molecular flexibility index (Phi) is 2.88. The maximum Gasteiger partial charge on any atom is 0.234 e. The van der Waals surface area contributed by atoms with Crippen LogP contribution in [0.1, 0.15) is 22.8 Å². The lowest BCUT2D eigenvalue weighted by atomic mass is 9.81. The number of allylic oxidation sites excluding steroid dienone is 5. The van der Waals surface area contributed by atoms with E-state index in [1.807, 2.05) is 12.1 Å². The van der Waals surface area contributed by atoms with Gasteiger partial charge in [-0.3, -0.25) is 9.59 Å². The zero-order valence-electron chi connectivity index (χ0n) is 9.57. The van der Waals surface area contributed by atoms with E-state index in [9.17, 15) is 9.59 Å². The Labute approximate surface area is 100.0 Å². The van der Waals surface area contributed by atoms with Crippen molar-refractivity contribution in [3.05, 3.63) is 65.8 Å². The van der Waals surface area contributed by atoms with E-state index in [2.05, 4.69) is 6.58 Å². The van der Waals surface area contributed by atoms with Crippen LogP contribution in [-0.4, -0.2) is 11.6 Å². The molecule has 0 aliphatic heterocycles. The van der Waals surface area contributed by atoms with Crippen molar-refractivity contribution >= 4 is 17.1 Å². The molecule has 0 bridgehead atoms. The lowest BCUT2D eigenvalue weighted by molar-refractivity contribution is -0.111. The molecule has 1 aliphatic carbocycles. The van der Waals surface area contributed by atoms with Gasteiger partial charge in [0.15, 0.2) is 0 Å². The number of hydrogen-bond donors (Lipinski definition) is 0. The third-order valence-corrected chi connectivity index (χ3v) is 2.78. The van der Waals surface area contributed by atoms with Crippen molar-refractivity contribution in [2.24, 2.45) is 0 Å². The third-order valence-electron chi connectivity index (χ3n) is 2.78. The fourth-order valence-electron chi connectivity index (χ4n) is 2.01. The molecule has 1 aromatic carbocycles. The summed E-state index contributed by atoms with van der Waals surface area (Å²) in [6, 6.07) is 7.14. The summed E-state index contributed by atoms with van der Waals surface area (Å²) in [5.74, 6) is -0.880. The quantitative estimate of drug-likeness (QED) is 0.543. The number of rotatable bonds is 1. The molecule has 0 aromatic heterocycles. The van der Waals surface area contributed by atoms with E-state index in [4.69, 9.17) is 0 Å². The minimum atomic E-state index is -0.445. The normalized spacial score (nSPS) is 19.6. The molecule has 0 saturated carbocycles. The SMILES string of the molecule is C=CC=C1/C(=C\C)C(=O)C(=O)c2ccccc21. The van der Waals surface area contributed by atoms with Crippen LogP contribution in [0.25, 0.3) is 5.57 Å². The molecule has 0 unspecified atom stereocenters. The van der Waals surface area contributed by atoms with Crippen molar-refractivity contribution in [1.29, 1.82) is 0 Å². The first-order chi connectivity index (χ1) is 8.20. The van der Waals surface area contributed by atoms with E-state index < -0.39 is 11.6 Å². The molecule has 0 saturated heterocycles. The van der Waals surface area contributed by atoms with Crippen LogP contribution in [0.15, 0.2) is 54.6 Å². The highest BCUT2D eigenvalue weighted by Crippen LogP contribution is 2.32. The zero-order chi connectivity index (χ0) is 12.4. The Morgan fingerprint density at radius 2 is 1.65 bits per heavy atom. The number of benzene rings is 1. The summed E-state index contributed by atoms with van der Waals surface area (Å²) in [5.41, 5.74) is 2.48. The summed E-state index contributed by atoms with van der Waals surface area (Å²) >= 11 is 0. The van der Waals surface area contributed by atoms with Crippen LogP contribution >= 0.6 is 0 Å². The van der Waals surface area contributed by atoms with Gasteiger partial charge in [-0.2, -0.15) is 0 Å². The second-order valence-corrected chi connectivity index (χ2v) is 3.72. The molecule has 0 spiro atoms. The monoisotopic (exact) mass is 224 g/mol. The van der Waals surface area contributed by atoms with E-state index in [0.717, 1.165) is 11.1 Å². The van der Waals surface area contributed by atoms with Gasteiger partial charge in [0.1, 0.15) is 0 Å². The summed E-state index contributed by atoms with van der Waals surface area (Å²) < 4.78 is 0. The Balaban J connectivity index is 2.78. The van der Waals surface area contributed by atoms with Gasteiger partial charge in [-0.05, 0) is 18.1 Å². The third kappa shape index (κ3) is 1.68. The van der Waals surface area contributed by atoms with Crippen molar-refractivity contribution in [2.75, 3.05) is 0 Å². The van der Waals surface area contributed by atoms with Crippen molar-refractivity contribution in [3.8, 4) is 0 Å². The summed E-state index contributed by atoms with van der Waals surface area (Å²) in [5, 5.41) is 0. The van der Waals surface area contributed by atoms with E-state index in [1.165, 1.54) is 0 Å². The average Bonchev–Trinajstić information content (AvgIpc) is 2.36. The topological polar surface area (TPSA) is 34.1 Å². The molecule has 0 atom stereocenters. The van der Waals surface area contributed by atoms with Gasteiger partial charge in [0.05, 0.1) is 0 Å². The lowest BCUT2D eigenvalue weighted by Crippen LogP contribution is -2.24. The minimum Gasteiger partial charge on any atom is -0.285 e. The highest BCUT2D eigenvalue weighted by molar-refractivity contribution is 6.54. The van der Waals surface area contributed by atoms with Crippen molar-refractivity contribution in [2.45, 2.75) is 6.92 Å². The number of ketones is 2. The molecule has 1 aliphatic rings. The summed E-state index contributed by atoms with van der Waals surface area (Å²) in [4.78, 5) is 23.8. The van der Waals surface area contributed by atoms with Crippen LogP contribution in [0, 0.1) is 0 Å². The highest BCUT2D eigenvalue weighted by Gasteiger charge is 2.31. The number of hydrogen-bond acceptors (Lipinski definition) is 2. The smallest absolute Gasteiger partial charge is 0.234 e. The molecule has 0 radical (unpaired) electrons. The molecule has 1 aromatic rings. The fraction of sp³-hybridized carbons (Fsp3) is 0.0667. The van der Waals surface area contributed by atoms with Crippen LogP contribution in [0.4, 0.5) is 0 Å². The molecule has 0 heterocycles. The predicted molar refractivity (Wildman–Crippen MR) is 67.7 cm³/mol. The molecule has 2 nitrogen and oxygen atoms in total. The van der Waals surface area contributed by atoms with Crippen LogP contribution < -0.4 is 0 Å². The first kappa shape index (κ1) is 11.3. The van der Waals surface area contributed by atoms with Gasteiger partial charge >= 0.3 is 0 Å². The van der Waals surface area contributed by atoms with Gasteiger partial charge in [0, 0.05) is 11.1 Å². The summed E-state index contributed by atoms with van der Waals surface area (Å²) in [6.45, 7) is 5.40. The van der Waals surface area contributed by atoms with E-state index in [0.29, 0.717) is 11.1 Å². The Morgan fingerprint density at radius 3 is 2.24 bits per heavy atom. The van der Waals surface area contributed by atoms with Gasteiger partial charge in [-0.1, -0.05) is 49.1 Å². The van der Waals surface area contributed by atoms with Crippen molar-refractivity contribution < 1.29 is 9.59 Å². The maximum absolute atomic E-state index is 11.9. The van der Waals surface area contributed by atoms with Crippen molar-refractivity contribution in [1.82, 2.24) is 0 Å².